The molecule has 0 aliphatic carbocycles. The van der Waals surface area contributed by atoms with Gasteiger partial charge < -0.3 is 5.73 Å². The summed E-state index contributed by atoms with van der Waals surface area (Å²) in [6, 6.07) is 9.92. The molecule has 0 bridgehead atoms. The van der Waals surface area contributed by atoms with E-state index in [9.17, 15) is 26.4 Å². The van der Waals surface area contributed by atoms with Crippen LogP contribution in [0, 0.1) is 0 Å². The van der Waals surface area contributed by atoms with Gasteiger partial charge in [0, 0.05) is 4.90 Å². The van der Waals surface area contributed by atoms with Gasteiger partial charge in [0.2, 0.25) is 5.91 Å². The Hall–Kier alpha value is -2.20. The number of nitrogens with one attached hydrogen (secondary N) is 1. The van der Waals surface area contributed by atoms with Crippen molar-refractivity contribution >= 4 is 33.4 Å². The molecule has 5 nitrogen and oxygen atoms in total. The first-order valence-corrected chi connectivity index (χ1v) is 9.27. The molecule has 2 aromatic rings. The second kappa shape index (κ2) is 7.36. The molecule has 10 heteroatoms. The molecule has 2 rings (SSSR count). The van der Waals surface area contributed by atoms with Gasteiger partial charge in [-0.3, -0.25) is 9.52 Å². The monoisotopic (exact) mass is 390 g/mol. The molecule has 134 valence electrons. The lowest BCUT2D eigenvalue weighted by molar-refractivity contribution is -0.139. The summed E-state index contributed by atoms with van der Waals surface area (Å²) < 4.78 is 66.2. The SMILES string of the molecule is NC(=O)CSc1ccccc1NS(=O)(=O)c1ccccc1C(F)(F)F. The van der Waals surface area contributed by atoms with E-state index in [0.717, 1.165) is 23.9 Å². The molecular weight excluding hydrogens is 377 g/mol. The number of hydrogen-bond donors (Lipinski definition) is 2. The van der Waals surface area contributed by atoms with Gasteiger partial charge in [0.05, 0.1) is 21.9 Å². The van der Waals surface area contributed by atoms with Crippen LogP contribution in [0.1, 0.15) is 5.56 Å². The number of benzene rings is 2. The molecule has 0 aromatic heterocycles. The van der Waals surface area contributed by atoms with E-state index in [-0.39, 0.29) is 11.4 Å². The summed E-state index contributed by atoms with van der Waals surface area (Å²) in [5, 5.41) is 0. The number of nitrogens with two attached hydrogens (primary N) is 1. The van der Waals surface area contributed by atoms with Crippen LogP contribution in [0.3, 0.4) is 0 Å². The highest BCUT2D eigenvalue weighted by Gasteiger charge is 2.37. The van der Waals surface area contributed by atoms with Crippen molar-refractivity contribution in [1.29, 1.82) is 0 Å². The molecule has 0 atom stereocenters. The Morgan fingerprint density at radius 1 is 1.08 bits per heavy atom. The first kappa shape index (κ1) is 19.1. The third kappa shape index (κ3) is 4.89. The van der Waals surface area contributed by atoms with Crippen LogP contribution in [0.4, 0.5) is 18.9 Å². The van der Waals surface area contributed by atoms with Gasteiger partial charge in [-0.15, -0.1) is 11.8 Å². The first-order chi connectivity index (χ1) is 11.6. The van der Waals surface area contributed by atoms with Gasteiger partial charge in [-0.05, 0) is 24.3 Å². The summed E-state index contributed by atoms with van der Waals surface area (Å²) in [4.78, 5) is 10.4. The van der Waals surface area contributed by atoms with Crippen LogP contribution in [0.2, 0.25) is 0 Å². The Balaban J connectivity index is 2.40. The third-order valence-corrected chi connectivity index (χ3v) is 5.50. The first-order valence-electron chi connectivity index (χ1n) is 6.80. The van der Waals surface area contributed by atoms with Gasteiger partial charge in [0.15, 0.2) is 0 Å². The van der Waals surface area contributed by atoms with Crippen LogP contribution < -0.4 is 10.5 Å². The van der Waals surface area contributed by atoms with Crippen LogP contribution in [-0.2, 0) is 21.0 Å². The Bertz CT molecular complexity index is 884. The lowest BCUT2D eigenvalue weighted by Gasteiger charge is -2.15. The molecule has 1 amide bonds. The smallest absolute Gasteiger partial charge is 0.369 e. The van der Waals surface area contributed by atoms with Crippen molar-refractivity contribution in [2.24, 2.45) is 5.73 Å². The Labute approximate surface area is 146 Å². The summed E-state index contributed by atoms with van der Waals surface area (Å²) in [7, 11) is -4.49. The summed E-state index contributed by atoms with van der Waals surface area (Å²) in [5.74, 6) is -0.706. The summed E-state index contributed by atoms with van der Waals surface area (Å²) in [5.41, 5.74) is 3.85. The van der Waals surface area contributed by atoms with E-state index in [1.807, 2.05) is 0 Å². The number of sulfonamides is 1. The largest absolute Gasteiger partial charge is 0.417 e. The highest BCUT2D eigenvalue weighted by Crippen LogP contribution is 2.35. The number of carbonyl (C=O) groups is 1. The molecule has 2 aromatic carbocycles. The van der Waals surface area contributed by atoms with Crippen molar-refractivity contribution in [3.63, 3.8) is 0 Å². The zero-order valence-corrected chi connectivity index (χ0v) is 14.2. The summed E-state index contributed by atoms with van der Waals surface area (Å²) >= 11 is 0.977. The van der Waals surface area contributed by atoms with E-state index >= 15 is 0 Å². The zero-order valence-electron chi connectivity index (χ0n) is 12.6. The lowest BCUT2D eigenvalue weighted by Crippen LogP contribution is -2.19. The van der Waals surface area contributed by atoms with Crippen molar-refractivity contribution in [3.8, 4) is 0 Å². The maximum atomic E-state index is 13.1. The number of para-hydroxylation sites is 1. The highest BCUT2D eigenvalue weighted by atomic mass is 32.2. The van der Waals surface area contributed by atoms with Crippen molar-refractivity contribution in [1.82, 2.24) is 0 Å². The predicted octanol–water partition coefficient (Wildman–Crippen LogP) is 3.08. The molecule has 0 saturated heterocycles. The van der Waals surface area contributed by atoms with E-state index in [1.165, 1.54) is 24.3 Å². The predicted molar refractivity (Wildman–Crippen MR) is 88.6 cm³/mol. The van der Waals surface area contributed by atoms with Crippen LogP contribution in [0.15, 0.2) is 58.3 Å². The van der Waals surface area contributed by atoms with Gasteiger partial charge in [0.1, 0.15) is 0 Å². The number of alkyl halides is 3. The van der Waals surface area contributed by atoms with E-state index in [1.54, 1.807) is 6.07 Å². The van der Waals surface area contributed by atoms with E-state index in [4.69, 9.17) is 5.73 Å². The van der Waals surface area contributed by atoms with Crippen LogP contribution in [0.25, 0.3) is 0 Å². The van der Waals surface area contributed by atoms with Gasteiger partial charge in [-0.2, -0.15) is 13.2 Å². The van der Waals surface area contributed by atoms with E-state index in [2.05, 4.69) is 4.72 Å². The molecule has 0 unspecified atom stereocenters. The average Bonchev–Trinajstić information content (AvgIpc) is 2.53. The third-order valence-electron chi connectivity index (χ3n) is 2.98. The van der Waals surface area contributed by atoms with Crippen molar-refractivity contribution in [2.45, 2.75) is 16.0 Å². The number of thioether (sulfide) groups is 1. The standard InChI is InChI=1S/C15H13F3N2O3S2/c16-15(17,18)10-5-1-4-8-13(10)25(22,23)20-11-6-2-3-7-12(11)24-9-14(19)21/h1-8,20H,9H2,(H2,19,21). The second-order valence-electron chi connectivity index (χ2n) is 4.85. The Morgan fingerprint density at radius 2 is 1.68 bits per heavy atom. The number of halogens is 3. The van der Waals surface area contributed by atoms with Gasteiger partial charge >= 0.3 is 6.18 Å². The van der Waals surface area contributed by atoms with Crippen LogP contribution in [-0.4, -0.2) is 20.1 Å². The number of primary amides is 1. The van der Waals surface area contributed by atoms with Crippen LogP contribution in [0.5, 0.6) is 0 Å². The topological polar surface area (TPSA) is 89.3 Å². The number of anilines is 1. The highest BCUT2D eigenvalue weighted by molar-refractivity contribution is 8.00. The molecule has 3 N–H and O–H groups in total. The molecule has 0 saturated carbocycles. The quantitative estimate of drug-likeness (QED) is 0.742. The molecule has 0 radical (unpaired) electrons. The number of amides is 1. The maximum Gasteiger partial charge on any atom is 0.417 e. The normalized spacial score (nSPS) is 12.0. The molecule has 0 aliphatic heterocycles. The minimum absolute atomic E-state index is 0.0609. The fourth-order valence-corrected chi connectivity index (χ4v) is 4.08. The minimum atomic E-state index is -4.81. The molecule has 0 spiro atoms. The van der Waals surface area contributed by atoms with Crippen molar-refractivity contribution in [3.05, 3.63) is 54.1 Å². The van der Waals surface area contributed by atoms with E-state index < -0.39 is 32.6 Å². The molecule has 0 fully saturated rings. The fourth-order valence-electron chi connectivity index (χ4n) is 1.96. The second-order valence-corrected chi connectivity index (χ2v) is 7.52. The van der Waals surface area contributed by atoms with Gasteiger partial charge in [0.25, 0.3) is 10.0 Å². The fraction of sp³-hybridized carbons (Fsp3) is 0.133. The minimum Gasteiger partial charge on any atom is -0.369 e. The molecule has 25 heavy (non-hydrogen) atoms. The average molecular weight is 390 g/mol. The Kier molecular flexibility index (Phi) is 5.63. The van der Waals surface area contributed by atoms with E-state index in [0.29, 0.717) is 11.0 Å². The Morgan fingerprint density at radius 3 is 2.32 bits per heavy atom. The summed E-state index contributed by atoms with van der Waals surface area (Å²) in [6.07, 6.45) is -4.81. The van der Waals surface area contributed by atoms with Gasteiger partial charge in [-0.1, -0.05) is 24.3 Å². The number of rotatable bonds is 6. The van der Waals surface area contributed by atoms with Gasteiger partial charge in [-0.25, -0.2) is 8.42 Å². The van der Waals surface area contributed by atoms with Crippen molar-refractivity contribution in [2.75, 3.05) is 10.5 Å². The van der Waals surface area contributed by atoms with Crippen LogP contribution >= 0.6 is 11.8 Å². The molecular formula is C15H13F3N2O3S2. The number of hydrogen-bond acceptors (Lipinski definition) is 4. The molecule has 0 aliphatic rings. The maximum absolute atomic E-state index is 13.1. The zero-order chi connectivity index (χ0) is 18.7. The molecule has 0 heterocycles. The number of carbonyl (C=O) groups excluding carboxylic acids is 1. The summed E-state index contributed by atoms with van der Waals surface area (Å²) in [6.45, 7) is 0. The lowest BCUT2D eigenvalue weighted by atomic mass is 10.2. The van der Waals surface area contributed by atoms with Crippen molar-refractivity contribution < 1.29 is 26.4 Å².